The second kappa shape index (κ2) is 8.13. The first-order valence-electron chi connectivity index (χ1n) is 10.7. The summed E-state index contributed by atoms with van der Waals surface area (Å²) in [7, 11) is 1.51. The number of fused-ring (bicyclic) bond motifs is 1. The molecule has 1 heterocycles. The van der Waals surface area contributed by atoms with Gasteiger partial charge in [0.05, 0.1) is 17.5 Å². The molecule has 0 aliphatic heterocycles. The molecule has 1 N–H and O–H groups in total. The molecule has 0 radical (unpaired) electrons. The Labute approximate surface area is 198 Å². The Hall–Kier alpha value is -3.39. The first kappa shape index (κ1) is 22.4. The molecular weight excluding hydrogens is 465 g/mol. The predicted molar refractivity (Wildman–Crippen MR) is 122 cm³/mol. The Morgan fingerprint density at radius 1 is 1.12 bits per heavy atom. The Bertz CT molecular complexity index is 1360. The highest BCUT2D eigenvalue weighted by Gasteiger charge is 2.68. The number of rotatable bonds is 8. The van der Waals surface area contributed by atoms with E-state index < -0.39 is 5.82 Å². The minimum absolute atomic E-state index is 0.0197. The lowest BCUT2D eigenvalue weighted by Gasteiger charge is -2.70. The van der Waals surface area contributed by atoms with E-state index in [1.54, 1.807) is 18.2 Å². The highest BCUT2D eigenvalue weighted by Crippen LogP contribution is 2.69. The van der Waals surface area contributed by atoms with Crippen LogP contribution in [0.15, 0.2) is 51.7 Å². The molecule has 3 saturated carbocycles. The number of carbonyl (C=O) groups excluding carboxylic acids is 2. The smallest absolute Gasteiger partial charge is 0.258 e. The van der Waals surface area contributed by atoms with Crippen molar-refractivity contribution in [2.45, 2.75) is 31.2 Å². The summed E-state index contributed by atoms with van der Waals surface area (Å²) >= 11 is 5.64. The van der Waals surface area contributed by atoms with Gasteiger partial charge in [0, 0.05) is 24.1 Å². The maximum atomic E-state index is 13.5. The maximum absolute atomic E-state index is 13.5. The van der Waals surface area contributed by atoms with Gasteiger partial charge < -0.3 is 19.2 Å². The topological polar surface area (TPSA) is 94.8 Å². The quantitative estimate of drug-likeness (QED) is 0.478. The molecule has 1 aromatic heterocycles. The predicted octanol–water partition coefficient (Wildman–Crippen LogP) is 4.28. The lowest BCUT2D eigenvalue weighted by Crippen LogP contribution is -2.75. The Balaban J connectivity index is 1.15. The molecule has 2 bridgehead atoms. The van der Waals surface area contributed by atoms with Gasteiger partial charge in [0.2, 0.25) is 0 Å². The van der Waals surface area contributed by atoms with Crippen molar-refractivity contribution in [2.24, 2.45) is 5.41 Å². The first-order valence-corrected chi connectivity index (χ1v) is 11.1. The zero-order chi connectivity index (χ0) is 24.1. The van der Waals surface area contributed by atoms with Crippen molar-refractivity contribution in [2.75, 3.05) is 13.7 Å². The van der Waals surface area contributed by atoms with Crippen LogP contribution in [-0.4, -0.2) is 30.9 Å². The molecule has 7 nitrogen and oxygen atoms in total. The number of benzene rings is 2. The van der Waals surface area contributed by atoms with Gasteiger partial charge in [-0.15, -0.1) is 0 Å². The van der Waals surface area contributed by atoms with E-state index in [0.29, 0.717) is 36.0 Å². The minimum Gasteiger partial charge on any atom is -0.497 e. The number of amides is 1. The first-order chi connectivity index (χ1) is 16.2. The fourth-order valence-electron chi connectivity index (χ4n) is 5.19. The summed E-state index contributed by atoms with van der Waals surface area (Å²) in [6, 6.07) is 10.1. The fraction of sp³-hybridized carbons (Fsp3) is 0.320. The molecule has 9 heteroatoms. The Morgan fingerprint density at radius 3 is 2.56 bits per heavy atom. The van der Waals surface area contributed by atoms with E-state index in [0.717, 1.165) is 6.07 Å². The summed E-state index contributed by atoms with van der Waals surface area (Å²) in [6.45, 7) is -0.248. The molecule has 6 rings (SSSR count). The van der Waals surface area contributed by atoms with Gasteiger partial charge in [0.25, 0.3) is 5.91 Å². The van der Waals surface area contributed by atoms with Gasteiger partial charge in [-0.1, -0.05) is 11.6 Å². The van der Waals surface area contributed by atoms with Gasteiger partial charge in [-0.25, -0.2) is 4.39 Å². The Kier molecular flexibility index (Phi) is 5.36. The van der Waals surface area contributed by atoms with Gasteiger partial charge in [-0.05, 0) is 55.0 Å². The fourth-order valence-corrected chi connectivity index (χ4v) is 5.31. The van der Waals surface area contributed by atoms with Gasteiger partial charge >= 0.3 is 0 Å². The highest BCUT2D eigenvalue weighted by atomic mass is 35.5. The van der Waals surface area contributed by atoms with Crippen molar-refractivity contribution in [3.05, 3.63) is 69.3 Å². The average Bonchev–Trinajstić information content (AvgIpc) is 2.77. The van der Waals surface area contributed by atoms with Crippen molar-refractivity contribution in [3.63, 3.8) is 0 Å². The normalized spacial score (nSPS) is 22.4. The van der Waals surface area contributed by atoms with Crippen LogP contribution >= 0.6 is 11.6 Å². The number of halogens is 2. The van der Waals surface area contributed by atoms with Crippen LogP contribution in [0.5, 0.6) is 11.5 Å². The van der Waals surface area contributed by atoms with Crippen molar-refractivity contribution >= 4 is 34.3 Å². The summed E-state index contributed by atoms with van der Waals surface area (Å²) in [5.41, 5.74) is -0.506. The second-order valence-electron chi connectivity index (χ2n) is 9.16. The molecule has 34 heavy (non-hydrogen) atoms. The second-order valence-corrected chi connectivity index (χ2v) is 9.57. The largest absolute Gasteiger partial charge is 0.497 e. The van der Waals surface area contributed by atoms with E-state index in [-0.39, 0.29) is 57.6 Å². The lowest BCUT2D eigenvalue weighted by atomic mass is 9.38. The third kappa shape index (κ3) is 4.03. The Morgan fingerprint density at radius 2 is 1.85 bits per heavy atom. The highest BCUT2D eigenvalue weighted by molar-refractivity contribution is 6.30. The van der Waals surface area contributed by atoms with Crippen LogP contribution in [0.3, 0.4) is 0 Å². The number of Topliss-reactive ketones (excluding diaryl/α,β-unsaturated/α-hetero) is 1. The lowest BCUT2D eigenvalue weighted by molar-refractivity contribution is -0.164. The monoisotopic (exact) mass is 485 g/mol. The maximum Gasteiger partial charge on any atom is 0.258 e. The molecular formula is C25H21ClFNO6. The number of hydrogen-bond donors (Lipinski definition) is 1. The standard InChI is InChI=1S/C25H21ClFNO6/c1-32-14-3-5-21-16(6-14)19(29)8-22(34-21)20(30)9-24-11-25(12-24,13-24)28-23(31)10-33-15-2-4-17(26)18(27)7-15/h2-8H,9-13H2,1H3,(H,28,31). The zero-order valence-corrected chi connectivity index (χ0v) is 19.0. The number of hydrogen-bond acceptors (Lipinski definition) is 6. The van der Waals surface area contributed by atoms with Crippen LogP contribution < -0.4 is 20.2 Å². The van der Waals surface area contributed by atoms with Gasteiger partial charge in [0.1, 0.15) is 22.9 Å². The molecule has 3 aromatic rings. The molecule has 0 atom stereocenters. The van der Waals surface area contributed by atoms with Crippen molar-refractivity contribution in [1.82, 2.24) is 5.32 Å². The number of methoxy groups -OCH3 is 1. The molecule has 1 amide bonds. The van der Waals surface area contributed by atoms with Crippen LogP contribution in [0.4, 0.5) is 4.39 Å². The summed E-state index contributed by atoms with van der Waals surface area (Å²) in [5, 5.41) is 3.29. The zero-order valence-electron chi connectivity index (χ0n) is 18.3. The minimum atomic E-state index is -0.618. The third-order valence-electron chi connectivity index (χ3n) is 6.55. The molecule has 0 saturated heterocycles. The van der Waals surface area contributed by atoms with Gasteiger partial charge in [-0.3, -0.25) is 14.4 Å². The van der Waals surface area contributed by atoms with E-state index in [1.807, 2.05) is 0 Å². The molecule has 3 aliphatic rings. The average molecular weight is 486 g/mol. The van der Waals surface area contributed by atoms with Crippen molar-refractivity contribution < 1.29 is 27.9 Å². The number of ether oxygens (including phenoxy) is 2. The summed E-state index contributed by atoms with van der Waals surface area (Å²) < 4.78 is 29.6. The van der Waals surface area contributed by atoms with Crippen molar-refractivity contribution in [1.29, 1.82) is 0 Å². The molecule has 3 aliphatic carbocycles. The molecule has 3 fully saturated rings. The molecule has 0 unspecified atom stereocenters. The van der Waals surface area contributed by atoms with E-state index >= 15 is 0 Å². The van der Waals surface area contributed by atoms with Crippen LogP contribution in [-0.2, 0) is 4.79 Å². The van der Waals surface area contributed by atoms with E-state index in [4.69, 9.17) is 25.5 Å². The van der Waals surface area contributed by atoms with Gasteiger partial charge in [-0.2, -0.15) is 0 Å². The number of nitrogens with one attached hydrogen (secondary N) is 1. The van der Waals surface area contributed by atoms with Crippen LogP contribution in [0.1, 0.15) is 36.2 Å². The van der Waals surface area contributed by atoms with Crippen LogP contribution in [0.25, 0.3) is 11.0 Å². The van der Waals surface area contributed by atoms with E-state index in [2.05, 4.69) is 5.32 Å². The van der Waals surface area contributed by atoms with Crippen LogP contribution in [0, 0.1) is 11.2 Å². The summed E-state index contributed by atoms with van der Waals surface area (Å²) in [5.74, 6) is -0.381. The number of ketones is 1. The van der Waals surface area contributed by atoms with Crippen LogP contribution in [0.2, 0.25) is 5.02 Å². The molecule has 2 aromatic carbocycles. The van der Waals surface area contributed by atoms with E-state index in [1.165, 1.54) is 25.3 Å². The van der Waals surface area contributed by atoms with Gasteiger partial charge in [0.15, 0.2) is 23.6 Å². The van der Waals surface area contributed by atoms with E-state index in [9.17, 15) is 18.8 Å². The number of carbonyl (C=O) groups is 2. The summed E-state index contributed by atoms with van der Waals surface area (Å²) in [4.78, 5) is 37.6. The SMILES string of the molecule is COc1ccc2oc(C(=O)CC34CC(NC(=O)COc5ccc(Cl)c(F)c5)(C3)C4)cc(=O)c2c1. The van der Waals surface area contributed by atoms with Crippen molar-refractivity contribution in [3.8, 4) is 11.5 Å². The molecule has 176 valence electrons. The third-order valence-corrected chi connectivity index (χ3v) is 6.86. The molecule has 0 spiro atoms. The summed E-state index contributed by atoms with van der Waals surface area (Å²) in [6.07, 6.45) is 2.25.